The fraction of sp³-hybridized carbons (Fsp3) is 0.480. The van der Waals surface area contributed by atoms with Gasteiger partial charge in [0.2, 0.25) is 0 Å². The Balaban J connectivity index is 0.00000320. The van der Waals surface area contributed by atoms with Gasteiger partial charge in [0, 0.05) is 17.6 Å². The second-order valence-electron chi connectivity index (χ2n) is 8.80. The molecule has 0 aliphatic heterocycles. The molecule has 1 amide bonds. The van der Waals surface area contributed by atoms with E-state index in [1.165, 1.54) is 19.3 Å². The average molecular weight is 431 g/mol. The summed E-state index contributed by atoms with van der Waals surface area (Å²) in [5, 5.41) is 17.6. The van der Waals surface area contributed by atoms with Gasteiger partial charge in [0.25, 0.3) is 5.91 Å². The van der Waals surface area contributed by atoms with Crippen molar-refractivity contribution in [2.75, 3.05) is 6.54 Å². The second kappa shape index (κ2) is 11.5. The summed E-state index contributed by atoms with van der Waals surface area (Å²) in [6.07, 6.45) is 4.64. The lowest BCUT2D eigenvalue weighted by Crippen LogP contribution is -2.50. The Labute approximate surface area is 186 Å². The van der Waals surface area contributed by atoms with Crippen molar-refractivity contribution >= 4 is 18.3 Å². The molecular formula is C25H35ClN2O2. The maximum absolute atomic E-state index is 12.7. The van der Waals surface area contributed by atoms with Crippen LogP contribution in [0.2, 0.25) is 0 Å². The molecule has 0 aromatic heterocycles. The molecule has 2 aromatic carbocycles. The van der Waals surface area contributed by atoms with Gasteiger partial charge in [-0.05, 0) is 55.7 Å². The molecule has 1 saturated carbocycles. The maximum atomic E-state index is 12.7. The van der Waals surface area contributed by atoms with Gasteiger partial charge in [-0.2, -0.15) is 0 Å². The Hall–Kier alpha value is -1.88. The predicted molar refractivity (Wildman–Crippen MR) is 125 cm³/mol. The van der Waals surface area contributed by atoms with Gasteiger partial charge in [-0.3, -0.25) is 4.79 Å². The molecule has 5 heteroatoms. The number of aliphatic hydroxyl groups is 1. The minimum absolute atomic E-state index is 0. The molecule has 0 bridgehead atoms. The molecule has 1 aliphatic rings. The molecule has 3 rings (SSSR count). The molecule has 0 saturated heterocycles. The van der Waals surface area contributed by atoms with Gasteiger partial charge < -0.3 is 15.7 Å². The molecule has 164 valence electrons. The van der Waals surface area contributed by atoms with E-state index in [1.807, 2.05) is 48.5 Å². The van der Waals surface area contributed by atoms with Crippen LogP contribution in [0.1, 0.15) is 55.5 Å². The molecule has 2 atom stereocenters. The number of carbonyl (C=O) groups excluding carboxylic acids is 1. The zero-order chi connectivity index (χ0) is 20.7. The van der Waals surface area contributed by atoms with Crippen molar-refractivity contribution < 1.29 is 9.90 Å². The fourth-order valence-corrected chi connectivity index (χ4v) is 3.69. The standard InChI is InChI=1S/C25H34N2O2.ClH/c1-19(2)13-14-25(15-16-25)26-18-23(28)22(17-20-9-5-3-6-10-20)27-24(29)21-11-7-4-8-12-21;/h3-12,19,22-23,26,28H,13-18H2,1-2H3,(H,27,29);1H/t22-,23-;/m0./s1. The van der Waals surface area contributed by atoms with Gasteiger partial charge >= 0.3 is 0 Å². The van der Waals surface area contributed by atoms with Crippen LogP contribution in [0.25, 0.3) is 0 Å². The van der Waals surface area contributed by atoms with E-state index in [-0.39, 0.29) is 29.9 Å². The number of β-amino-alcohol motifs (C(OH)–C–C–N with tert-alkyl or cyclic N) is 1. The highest BCUT2D eigenvalue weighted by atomic mass is 35.5. The Morgan fingerprint density at radius 2 is 1.63 bits per heavy atom. The Morgan fingerprint density at radius 1 is 1.03 bits per heavy atom. The summed E-state index contributed by atoms with van der Waals surface area (Å²) >= 11 is 0. The quantitative estimate of drug-likeness (QED) is 0.496. The summed E-state index contributed by atoms with van der Waals surface area (Å²) in [4.78, 5) is 12.7. The highest BCUT2D eigenvalue weighted by Gasteiger charge is 2.42. The van der Waals surface area contributed by atoms with Gasteiger partial charge in [0.05, 0.1) is 12.1 Å². The van der Waals surface area contributed by atoms with Gasteiger partial charge in [-0.25, -0.2) is 0 Å². The van der Waals surface area contributed by atoms with Gasteiger partial charge in [-0.1, -0.05) is 62.4 Å². The maximum Gasteiger partial charge on any atom is 0.251 e. The van der Waals surface area contributed by atoms with E-state index < -0.39 is 6.10 Å². The largest absolute Gasteiger partial charge is 0.390 e. The van der Waals surface area contributed by atoms with Crippen LogP contribution in [-0.4, -0.2) is 35.2 Å². The first kappa shape index (κ1) is 24.4. The zero-order valence-electron chi connectivity index (χ0n) is 18.0. The smallest absolute Gasteiger partial charge is 0.251 e. The number of hydrogen-bond donors (Lipinski definition) is 3. The Morgan fingerprint density at radius 3 is 2.20 bits per heavy atom. The normalized spacial score (nSPS) is 16.4. The second-order valence-corrected chi connectivity index (χ2v) is 8.80. The highest BCUT2D eigenvalue weighted by Crippen LogP contribution is 2.40. The van der Waals surface area contributed by atoms with E-state index >= 15 is 0 Å². The lowest BCUT2D eigenvalue weighted by molar-refractivity contribution is 0.0821. The van der Waals surface area contributed by atoms with Crippen LogP contribution in [0.15, 0.2) is 60.7 Å². The first-order chi connectivity index (χ1) is 14.0. The molecule has 4 nitrogen and oxygen atoms in total. The molecule has 30 heavy (non-hydrogen) atoms. The van der Waals surface area contributed by atoms with Crippen molar-refractivity contribution in [1.29, 1.82) is 0 Å². The van der Waals surface area contributed by atoms with Crippen LogP contribution in [0.5, 0.6) is 0 Å². The van der Waals surface area contributed by atoms with Crippen LogP contribution in [0.3, 0.4) is 0 Å². The number of rotatable bonds is 11. The zero-order valence-corrected chi connectivity index (χ0v) is 18.8. The van der Waals surface area contributed by atoms with E-state index in [0.29, 0.717) is 24.4 Å². The number of aliphatic hydroxyl groups excluding tert-OH is 1. The van der Waals surface area contributed by atoms with Crippen LogP contribution in [0, 0.1) is 5.92 Å². The van der Waals surface area contributed by atoms with Crippen LogP contribution >= 0.6 is 12.4 Å². The first-order valence-corrected chi connectivity index (χ1v) is 10.8. The molecule has 0 radical (unpaired) electrons. The number of nitrogens with one attached hydrogen (secondary N) is 2. The van der Waals surface area contributed by atoms with Crippen molar-refractivity contribution in [1.82, 2.24) is 10.6 Å². The first-order valence-electron chi connectivity index (χ1n) is 10.8. The molecule has 3 N–H and O–H groups in total. The number of carbonyl (C=O) groups is 1. The monoisotopic (exact) mass is 430 g/mol. The number of halogens is 1. The average Bonchev–Trinajstić information content (AvgIpc) is 3.52. The van der Waals surface area contributed by atoms with Crippen molar-refractivity contribution in [2.45, 2.75) is 63.6 Å². The van der Waals surface area contributed by atoms with E-state index in [0.717, 1.165) is 12.0 Å². The van der Waals surface area contributed by atoms with Gasteiger partial charge in [0.1, 0.15) is 0 Å². The number of benzene rings is 2. The van der Waals surface area contributed by atoms with E-state index in [9.17, 15) is 9.90 Å². The van der Waals surface area contributed by atoms with Crippen molar-refractivity contribution in [2.24, 2.45) is 5.92 Å². The van der Waals surface area contributed by atoms with Crippen molar-refractivity contribution in [3.63, 3.8) is 0 Å². The van der Waals surface area contributed by atoms with E-state index in [1.54, 1.807) is 12.1 Å². The van der Waals surface area contributed by atoms with Crippen molar-refractivity contribution in [3.05, 3.63) is 71.8 Å². The Bertz CT molecular complexity index is 763. The van der Waals surface area contributed by atoms with Gasteiger partial charge in [-0.15, -0.1) is 12.4 Å². The third-order valence-electron chi connectivity index (χ3n) is 5.86. The molecule has 1 fully saturated rings. The molecule has 0 unspecified atom stereocenters. The highest BCUT2D eigenvalue weighted by molar-refractivity contribution is 5.94. The van der Waals surface area contributed by atoms with Crippen LogP contribution < -0.4 is 10.6 Å². The SMILES string of the molecule is CC(C)CCC1(NC[C@H](O)[C@H](Cc2ccccc2)NC(=O)c2ccccc2)CC1.Cl. The topological polar surface area (TPSA) is 61.4 Å². The molecule has 0 spiro atoms. The summed E-state index contributed by atoms with van der Waals surface area (Å²) in [6.45, 7) is 4.99. The van der Waals surface area contributed by atoms with Gasteiger partial charge in [0.15, 0.2) is 0 Å². The number of hydrogen-bond acceptors (Lipinski definition) is 3. The predicted octanol–water partition coefficient (Wildman–Crippen LogP) is 4.37. The Kier molecular flexibility index (Phi) is 9.35. The molecular weight excluding hydrogens is 396 g/mol. The summed E-state index contributed by atoms with van der Waals surface area (Å²) in [6, 6.07) is 18.9. The number of amides is 1. The summed E-state index contributed by atoms with van der Waals surface area (Å²) in [5.74, 6) is 0.543. The fourth-order valence-electron chi connectivity index (χ4n) is 3.69. The summed E-state index contributed by atoms with van der Waals surface area (Å²) in [5.41, 5.74) is 1.90. The minimum atomic E-state index is -0.653. The summed E-state index contributed by atoms with van der Waals surface area (Å²) < 4.78 is 0. The van der Waals surface area contributed by atoms with Crippen molar-refractivity contribution in [3.8, 4) is 0 Å². The minimum Gasteiger partial charge on any atom is -0.390 e. The van der Waals surface area contributed by atoms with E-state index in [2.05, 4.69) is 24.5 Å². The summed E-state index contributed by atoms with van der Waals surface area (Å²) in [7, 11) is 0. The van der Waals surface area contributed by atoms with Crippen LogP contribution in [0.4, 0.5) is 0 Å². The third kappa shape index (κ3) is 7.42. The van der Waals surface area contributed by atoms with E-state index in [4.69, 9.17) is 0 Å². The lowest BCUT2D eigenvalue weighted by Gasteiger charge is -2.27. The lowest BCUT2D eigenvalue weighted by atomic mass is 9.98. The molecule has 2 aromatic rings. The molecule has 0 heterocycles. The van der Waals surface area contributed by atoms with Crippen LogP contribution in [-0.2, 0) is 6.42 Å². The third-order valence-corrected chi connectivity index (χ3v) is 5.86. The molecule has 1 aliphatic carbocycles.